The normalized spacial score (nSPS) is 22.6. The molecule has 1 fully saturated rings. The summed E-state index contributed by atoms with van der Waals surface area (Å²) in [5.74, 6) is 0.112. The molecular formula is C9H18N4O2. The Labute approximate surface area is 89.1 Å². The number of hydrogen-bond donors (Lipinski definition) is 3. The monoisotopic (exact) mass is 214 g/mol. The Balaban J connectivity index is 2.69. The second kappa shape index (κ2) is 5.43. The van der Waals surface area contributed by atoms with Crippen LogP contribution in [0.5, 0.6) is 0 Å². The number of piperidine rings is 1. The van der Waals surface area contributed by atoms with Gasteiger partial charge in [0.25, 0.3) is 0 Å². The van der Waals surface area contributed by atoms with Gasteiger partial charge in [0.1, 0.15) is 0 Å². The molecule has 0 aromatic heterocycles. The van der Waals surface area contributed by atoms with Crippen molar-refractivity contribution in [2.45, 2.75) is 32.2 Å². The summed E-state index contributed by atoms with van der Waals surface area (Å²) in [6.45, 7) is 3.10. The summed E-state index contributed by atoms with van der Waals surface area (Å²) >= 11 is 0. The quantitative estimate of drug-likeness (QED) is 0.267. The third-order valence-electron chi connectivity index (χ3n) is 2.55. The molecule has 1 atom stereocenters. The van der Waals surface area contributed by atoms with E-state index >= 15 is 0 Å². The zero-order valence-corrected chi connectivity index (χ0v) is 8.94. The maximum atomic E-state index is 11.7. The maximum absolute atomic E-state index is 11.7. The summed E-state index contributed by atoms with van der Waals surface area (Å²) in [6, 6.07) is -0.413. The number of urea groups is 1. The molecule has 2 amide bonds. The molecule has 1 aliphatic heterocycles. The maximum Gasteiger partial charge on any atom is 0.318 e. The van der Waals surface area contributed by atoms with Gasteiger partial charge >= 0.3 is 6.03 Å². The van der Waals surface area contributed by atoms with Crippen LogP contribution in [0.4, 0.5) is 4.79 Å². The smallest absolute Gasteiger partial charge is 0.318 e. The van der Waals surface area contributed by atoms with Crippen LogP contribution < -0.4 is 11.1 Å². The van der Waals surface area contributed by atoms with Crippen molar-refractivity contribution in [2.75, 3.05) is 13.1 Å². The van der Waals surface area contributed by atoms with Crippen molar-refractivity contribution in [3.8, 4) is 0 Å². The van der Waals surface area contributed by atoms with Crippen molar-refractivity contribution in [1.82, 2.24) is 10.2 Å². The zero-order chi connectivity index (χ0) is 11.3. The van der Waals surface area contributed by atoms with Crippen molar-refractivity contribution in [2.24, 2.45) is 10.9 Å². The predicted molar refractivity (Wildman–Crippen MR) is 56.8 cm³/mol. The average molecular weight is 214 g/mol. The van der Waals surface area contributed by atoms with Crippen molar-refractivity contribution in [3.05, 3.63) is 0 Å². The minimum Gasteiger partial charge on any atom is -0.409 e. The van der Waals surface area contributed by atoms with Crippen LogP contribution in [0, 0.1) is 0 Å². The van der Waals surface area contributed by atoms with Gasteiger partial charge in [-0.1, -0.05) is 5.16 Å². The number of carbonyl (C=O) groups is 1. The highest BCUT2D eigenvalue weighted by atomic mass is 16.4. The van der Waals surface area contributed by atoms with Crippen molar-refractivity contribution in [1.29, 1.82) is 0 Å². The van der Waals surface area contributed by atoms with E-state index in [0.29, 0.717) is 13.1 Å². The predicted octanol–water partition coefficient (Wildman–Crippen LogP) is 0.317. The highest BCUT2D eigenvalue weighted by Gasteiger charge is 2.29. The number of rotatable bonds is 2. The number of likely N-dealkylation sites (tertiary alicyclic amines) is 1. The van der Waals surface area contributed by atoms with Gasteiger partial charge in [0, 0.05) is 13.1 Å². The lowest BCUT2D eigenvalue weighted by Crippen LogP contribution is -2.53. The number of amides is 2. The first-order valence-corrected chi connectivity index (χ1v) is 5.22. The molecule has 1 aliphatic rings. The molecule has 0 aliphatic carbocycles. The Morgan fingerprint density at radius 3 is 3.00 bits per heavy atom. The van der Waals surface area contributed by atoms with E-state index in [1.54, 1.807) is 4.90 Å². The number of nitrogens with zero attached hydrogens (tertiary/aromatic N) is 2. The van der Waals surface area contributed by atoms with Gasteiger partial charge in [0.05, 0.1) is 6.04 Å². The summed E-state index contributed by atoms with van der Waals surface area (Å²) in [7, 11) is 0. The fraction of sp³-hybridized carbons (Fsp3) is 0.778. The molecule has 15 heavy (non-hydrogen) atoms. The first kappa shape index (κ1) is 11.6. The Morgan fingerprint density at radius 1 is 1.67 bits per heavy atom. The molecule has 0 aromatic rings. The Hall–Kier alpha value is -1.46. The number of nitrogens with two attached hydrogens (primary N) is 1. The number of nitrogens with one attached hydrogen (secondary N) is 1. The van der Waals surface area contributed by atoms with Crippen LogP contribution in [-0.2, 0) is 0 Å². The van der Waals surface area contributed by atoms with Gasteiger partial charge in [-0.25, -0.2) is 4.79 Å². The van der Waals surface area contributed by atoms with Crippen molar-refractivity contribution >= 4 is 11.9 Å². The van der Waals surface area contributed by atoms with E-state index in [-0.39, 0.29) is 17.9 Å². The second-order valence-corrected chi connectivity index (χ2v) is 3.57. The van der Waals surface area contributed by atoms with Crippen LogP contribution in [0.3, 0.4) is 0 Å². The van der Waals surface area contributed by atoms with E-state index in [0.717, 1.165) is 19.3 Å². The highest BCUT2D eigenvalue weighted by Crippen LogP contribution is 2.17. The van der Waals surface area contributed by atoms with Gasteiger partial charge in [-0.3, -0.25) is 0 Å². The van der Waals surface area contributed by atoms with E-state index in [2.05, 4.69) is 10.5 Å². The SMILES string of the molecule is CCNC(=O)N1CCCCC1C(N)=NO. The second-order valence-electron chi connectivity index (χ2n) is 3.57. The van der Waals surface area contributed by atoms with Crippen LogP contribution in [0.2, 0.25) is 0 Å². The largest absolute Gasteiger partial charge is 0.409 e. The summed E-state index contributed by atoms with van der Waals surface area (Å²) < 4.78 is 0. The van der Waals surface area contributed by atoms with Crippen LogP contribution in [0.15, 0.2) is 5.16 Å². The lowest BCUT2D eigenvalue weighted by molar-refractivity contribution is 0.171. The molecule has 4 N–H and O–H groups in total. The first-order valence-electron chi connectivity index (χ1n) is 5.22. The summed E-state index contributed by atoms with van der Waals surface area (Å²) in [4.78, 5) is 13.3. The Morgan fingerprint density at radius 2 is 2.40 bits per heavy atom. The third kappa shape index (κ3) is 2.74. The Kier molecular flexibility index (Phi) is 4.20. The van der Waals surface area contributed by atoms with E-state index in [4.69, 9.17) is 10.9 Å². The molecule has 6 heteroatoms. The van der Waals surface area contributed by atoms with E-state index in [1.807, 2.05) is 6.92 Å². The minimum absolute atomic E-state index is 0.112. The molecule has 6 nitrogen and oxygen atoms in total. The number of carbonyl (C=O) groups excluding carboxylic acids is 1. The average Bonchev–Trinajstić information content (AvgIpc) is 2.28. The van der Waals surface area contributed by atoms with Gasteiger partial charge in [0.15, 0.2) is 5.84 Å². The van der Waals surface area contributed by atoms with Gasteiger partial charge in [-0.15, -0.1) is 0 Å². The molecule has 86 valence electrons. The topological polar surface area (TPSA) is 91.0 Å². The first-order chi connectivity index (χ1) is 7.20. The zero-order valence-electron chi connectivity index (χ0n) is 8.94. The van der Waals surface area contributed by atoms with Gasteiger partial charge in [-0.2, -0.15) is 0 Å². The van der Waals surface area contributed by atoms with Crippen LogP contribution in [-0.4, -0.2) is 41.1 Å². The molecule has 0 bridgehead atoms. The molecule has 0 spiro atoms. The van der Waals surface area contributed by atoms with Crippen LogP contribution in [0.25, 0.3) is 0 Å². The van der Waals surface area contributed by atoms with Gasteiger partial charge in [0.2, 0.25) is 0 Å². The summed E-state index contributed by atoms with van der Waals surface area (Å²) in [5.41, 5.74) is 5.55. The molecule has 1 saturated heterocycles. The molecule has 0 radical (unpaired) electrons. The molecule has 1 unspecified atom stereocenters. The van der Waals surface area contributed by atoms with Crippen molar-refractivity contribution in [3.63, 3.8) is 0 Å². The van der Waals surface area contributed by atoms with Crippen LogP contribution in [0.1, 0.15) is 26.2 Å². The number of hydrogen-bond acceptors (Lipinski definition) is 3. The third-order valence-corrected chi connectivity index (χ3v) is 2.55. The number of oxime groups is 1. The lowest BCUT2D eigenvalue weighted by atomic mass is 10.0. The molecular weight excluding hydrogens is 196 g/mol. The molecule has 1 heterocycles. The summed E-state index contributed by atoms with van der Waals surface area (Å²) in [5, 5.41) is 14.3. The standard InChI is InChI=1S/C9H18N4O2/c1-2-11-9(14)13-6-4-3-5-7(13)8(10)12-15/h7,15H,2-6H2,1H3,(H2,10,12)(H,11,14). The van der Waals surface area contributed by atoms with E-state index < -0.39 is 0 Å². The molecule has 1 rings (SSSR count). The molecule has 0 saturated carbocycles. The van der Waals surface area contributed by atoms with Gasteiger partial charge < -0.3 is 21.2 Å². The fourth-order valence-electron chi connectivity index (χ4n) is 1.80. The van der Waals surface area contributed by atoms with Crippen LogP contribution >= 0.6 is 0 Å². The highest BCUT2D eigenvalue weighted by molar-refractivity contribution is 5.89. The van der Waals surface area contributed by atoms with E-state index in [9.17, 15) is 4.79 Å². The number of amidine groups is 1. The Bertz CT molecular complexity index is 254. The summed E-state index contributed by atoms with van der Waals surface area (Å²) in [6.07, 6.45) is 2.72. The van der Waals surface area contributed by atoms with Gasteiger partial charge in [-0.05, 0) is 26.2 Å². The minimum atomic E-state index is -0.268. The lowest BCUT2D eigenvalue weighted by Gasteiger charge is -2.34. The molecule has 0 aromatic carbocycles. The van der Waals surface area contributed by atoms with Crippen molar-refractivity contribution < 1.29 is 10.0 Å². The fourth-order valence-corrected chi connectivity index (χ4v) is 1.80. The van der Waals surface area contributed by atoms with E-state index in [1.165, 1.54) is 0 Å².